The Morgan fingerprint density at radius 3 is 2.58 bits per heavy atom. The van der Waals surface area contributed by atoms with E-state index < -0.39 is 4.92 Å². The Kier molecular flexibility index (Phi) is 4.52. The zero-order chi connectivity index (χ0) is 13.8. The van der Waals surface area contributed by atoms with Crippen LogP contribution in [0.1, 0.15) is 29.6 Å². The van der Waals surface area contributed by atoms with E-state index in [0.29, 0.717) is 22.9 Å². The normalized spacial score (nSPS) is 22.2. The molecular weight excluding hydrogens is 312 g/mol. The predicted octanol–water partition coefficient (Wildman–Crippen LogP) is 2.89. The quantitative estimate of drug-likeness (QED) is 0.525. The second-order valence-corrected chi connectivity index (χ2v) is 6.09. The molecule has 1 saturated carbocycles. The van der Waals surface area contributed by atoms with E-state index in [9.17, 15) is 14.9 Å². The van der Waals surface area contributed by atoms with E-state index in [1.165, 1.54) is 24.3 Å². The molecule has 0 aromatic heterocycles. The number of halogens is 1. The molecule has 0 saturated heterocycles. The van der Waals surface area contributed by atoms with E-state index >= 15 is 0 Å². The summed E-state index contributed by atoms with van der Waals surface area (Å²) in [5.41, 5.74) is 0.452. The van der Waals surface area contributed by atoms with E-state index in [0.717, 1.165) is 19.3 Å². The van der Waals surface area contributed by atoms with Crippen molar-refractivity contribution < 1.29 is 9.72 Å². The molecule has 0 radical (unpaired) electrons. The van der Waals surface area contributed by atoms with Crippen molar-refractivity contribution >= 4 is 27.5 Å². The monoisotopic (exact) mass is 326 g/mol. The molecule has 1 amide bonds. The van der Waals surface area contributed by atoms with Gasteiger partial charge in [0.2, 0.25) is 0 Å². The van der Waals surface area contributed by atoms with E-state index in [1.54, 1.807) is 0 Å². The van der Waals surface area contributed by atoms with Crippen LogP contribution in [0.15, 0.2) is 24.3 Å². The first-order valence-electron chi connectivity index (χ1n) is 6.23. The highest BCUT2D eigenvalue weighted by atomic mass is 79.9. The summed E-state index contributed by atoms with van der Waals surface area (Å²) in [6.07, 6.45) is 3.36. The lowest BCUT2D eigenvalue weighted by Crippen LogP contribution is -2.28. The highest BCUT2D eigenvalue weighted by Crippen LogP contribution is 2.30. The number of hydrogen-bond acceptors (Lipinski definition) is 3. The van der Waals surface area contributed by atoms with Crippen molar-refractivity contribution in [2.75, 3.05) is 6.54 Å². The molecule has 5 nitrogen and oxygen atoms in total. The number of benzene rings is 1. The molecule has 6 heteroatoms. The van der Waals surface area contributed by atoms with Crippen LogP contribution >= 0.6 is 15.9 Å². The maximum atomic E-state index is 11.9. The molecule has 19 heavy (non-hydrogen) atoms. The molecule has 1 fully saturated rings. The van der Waals surface area contributed by atoms with Crippen molar-refractivity contribution in [2.45, 2.75) is 24.1 Å². The van der Waals surface area contributed by atoms with Crippen molar-refractivity contribution in [1.29, 1.82) is 0 Å². The molecule has 0 heterocycles. The minimum atomic E-state index is -0.476. The van der Waals surface area contributed by atoms with Gasteiger partial charge in [0.15, 0.2) is 0 Å². The molecule has 1 aliphatic rings. The minimum absolute atomic E-state index is 0.00512. The second-order valence-electron chi connectivity index (χ2n) is 4.79. The third-order valence-corrected chi connectivity index (χ3v) is 4.20. The summed E-state index contributed by atoms with van der Waals surface area (Å²) in [5, 5.41) is 13.4. The van der Waals surface area contributed by atoms with E-state index in [2.05, 4.69) is 21.2 Å². The molecule has 1 aromatic rings. The lowest BCUT2D eigenvalue weighted by atomic mass is 10.1. The van der Waals surface area contributed by atoms with E-state index in [-0.39, 0.29) is 11.6 Å². The Hall–Kier alpha value is -1.43. The van der Waals surface area contributed by atoms with Crippen molar-refractivity contribution in [1.82, 2.24) is 5.32 Å². The third kappa shape index (κ3) is 3.76. The fourth-order valence-electron chi connectivity index (χ4n) is 2.27. The Balaban J connectivity index is 1.87. The number of nitrogens with one attached hydrogen (secondary N) is 1. The summed E-state index contributed by atoms with van der Waals surface area (Å²) < 4.78 is 0. The number of nitro groups is 1. The first-order valence-corrected chi connectivity index (χ1v) is 7.14. The van der Waals surface area contributed by atoms with Crippen LogP contribution in [-0.2, 0) is 0 Å². The SMILES string of the molecule is O=C(NCC1CCC(Br)C1)c1ccc([N+](=O)[O-])cc1. The molecule has 0 bridgehead atoms. The number of alkyl halides is 1. The van der Waals surface area contributed by atoms with Gasteiger partial charge in [-0.2, -0.15) is 0 Å². The van der Waals surface area contributed by atoms with Crippen LogP contribution in [0.3, 0.4) is 0 Å². The smallest absolute Gasteiger partial charge is 0.269 e. The zero-order valence-electron chi connectivity index (χ0n) is 10.3. The Morgan fingerprint density at radius 2 is 2.05 bits per heavy atom. The molecule has 1 aliphatic carbocycles. The van der Waals surface area contributed by atoms with Gasteiger partial charge in [0.1, 0.15) is 0 Å². The maximum Gasteiger partial charge on any atom is 0.269 e. The van der Waals surface area contributed by atoms with Gasteiger partial charge in [-0.05, 0) is 37.3 Å². The van der Waals surface area contributed by atoms with Gasteiger partial charge in [-0.15, -0.1) is 0 Å². The van der Waals surface area contributed by atoms with Crippen LogP contribution in [-0.4, -0.2) is 22.2 Å². The Labute approximate surface area is 119 Å². The van der Waals surface area contributed by atoms with Crippen molar-refractivity contribution in [3.63, 3.8) is 0 Å². The number of rotatable bonds is 4. The van der Waals surface area contributed by atoms with Gasteiger partial charge in [-0.3, -0.25) is 14.9 Å². The van der Waals surface area contributed by atoms with E-state index in [1.807, 2.05) is 0 Å². The minimum Gasteiger partial charge on any atom is -0.352 e. The number of hydrogen-bond donors (Lipinski definition) is 1. The van der Waals surface area contributed by atoms with E-state index in [4.69, 9.17) is 0 Å². The fourth-order valence-corrected chi connectivity index (χ4v) is 3.07. The van der Waals surface area contributed by atoms with Gasteiger partial charge >= 0.3 is 0 Å². The molecule has 102 valence electrons. The van der Waals surface area contributed by atoms with Crippen LogP contribution < -0.4 is 5.32 Å². The molecule has 1 N–H and O–H groups in total. The summed E-state index contributed by atoms with van der Waals surface area (Å²) in [6, 6.07) is 5.66. The summed E-state index contributed by atoms with van der Waals surface area (Å²) in [7, 11) is 0. The van der Waals surface area contributed by atoms with Gasteiger partial charge < -0.3 is 5.32 Å². The third-order valence-electron chi connectivity index (χ3n) is 3.37. The van der Waals surface area contributed by atoms with Crippen LogP contribution in [0.25, 0.3) is 0 Å². The second kappa shape index (κ2) is 6.14. The first kappa shape index (κ1) is 14.0. The van der Waals surface area contributed by atoms with Gasteiger partial charge in [-0.1, -0.05) is 15.9 Å². The summed E-state index contributed by atoms with van der Waals surface area (Å²) in [4.78, 5) is 22.5. The Morgan fingerprint density at radius 1 is 1.37 bits per heavy atom. The van der Waals surface area contributed by atoms with Gasteiger partial charge in [0.25, 0.3) is 11.6 Å². The molecule has 2 rings (SSSR count). The van der Waals surface area contributed by atoms with Crippen LogP contribution in [0.5, 0.6) is 0 Å². The van der Waals surface area contributed by atoms with Crippen LogP contribution in [0.2, 0.25) is 0 Å². The standard InChI is InChI=1S/C13H15BrN2O3/c14-11-4-1-9(7-11)8-15-13(17)10-2-5-12(6-3-10)16(18)19/h2-3,5-6,9,11H,1,4,7-8H2,(H,15,17). The molecule has 2 unspecified atom stereocenters. The lowest BCUT2D eigenvalue weighted by Gasteiger charge is -2.10. The van der Waals surface area contributed by atoms with Crippen molar-refractivity contribution in [3.8, 4) is 0 Å². The summed E-state index contributed by atoms with van der Waals surface area (Å²) >= 11 is 3.58. The largest absolute Gasteiger partial charge is 0.352 e. The molecule has 0 aliphatic heterocycles. The van der Waals surface area contributed by atoms with Gasteiger partial charge in [0, 0.05) is 29.1 Å². The van der Waals surface area contributed by atoms with Crippen molar-refractivity contribution in [2.24, 2.45) is 5.92 Å². The zero-order valence-corrected chi connectivity index (χ0v) is 11.9. The number of nitro benzene ring substituents is 1. The highest BCUT2D eigenvalue weighted by Gasteiger charge is 2.22. The lowest BCUT2D eigenvalue weighted by molar-refractivity contribution is -0.384. The predicted molar refractivity (Wildman–Crippen MR) is 75.5 cm³/mol. The number of carbonyl (C=O) groups excluding carboxylic acids is 1. The molecule has 2 atom stereocenters. The topological polar surface area (TPSA) is 72.2 Å². The molecule has 0 spiro atoms. The first-order chi connectivity index (χ1) is 9.06. The molecule has 1 aromatic carbocycles. The summed E-state index contributed by atoms with van der Waals surface area (Å²) in [5.74, 6) is 0.347. The van der Waals surface area contributed by atoms with Crippen molar-refractivity contribution in [3.05, 3.63) is 39.9 Å². The highest BCUT2D eigenvalue weighted by molar-refractivity contribution is 9.09. The van der Waals surface area contributed by atoms with Gasteiger partial charge in [-0.25, -0.2) is 0 Å². The number of non-ortho nitro benzene ring substituents is 1. The molecular formula is C13H15BrN2O3. The van der Waals surface area contributed by atoms with Gasteiger partial charge in [0.05, 0.1) is 4.92 Å². The maximum absolute atomic E-state index is 11.9. The van der Waals surface area contributed by atoms with Crippen LogP contribution in [0.4, 0.5) is 5.69 Å². The number of nitrogens with zero attached hydrogens (tertiary/aromatic N) is 1. The number of carbonyl (C=O) groups is 1. The number of amides is 1. The average Bonchev–Trinajstić information content (AvgIpc) is 2.82. The fraction of sp³-hybridized carbons (Fsp3) is 0.462. The summed E-state index contributed by atoms with van der Waals surface area (Å²) in [6.45, 7) is 0.665. The van der Waals surface area contributed by atoms with Crippen LogP contribution in [0, 0.1) is 16.0 Å². The average molecular weight is 327 g/mol. The Bertz CT molecular complexity index is 475.